The van der Waals surface area contributed by atoms with E-state index in [4.69, 9.17) is 4.52 Å². The van der Waals surface area contributed by atoms with E-state index in [9.17, 15) is 18.8 Å². The van der Waals surface area contributed by atoms with E-state index in [1.807, 2.05) is 0 Å². The van der Waals surface area contributed by atoms with Crippen LogP contribution in [0.1, 0.15) is 27.4 Å². The first-order chi connectivity index (χ1) is 12.9. The number of benzene rings is 1. The second-order valence-corrected chi connectivity index (χ2v) is 6.80. The van der Waals surface area contributed by atoms with E-state index in [0.29, 0.717) is 17.0 Å². The lowest BCUT2D eigenvalue weighted by molar-refractivity contribution is -0.122. The molecule has 3 amide bonds. The van der Waals surface area contributed by atoms with Crippen molar-refractivity contribution in [1.82, 2.24) is 15.4 Å². The standard InChI is InChI=1S/C18H16FN3O4S/c1-10-15(11(2)26-21-10)16(23)20-7-8-22-17(24)14(27-18(22)25)9-12-5-3-4-6-13(12)19/h3-6,9H,7-8H2,1-2H3,(H,20,23)/b14-9-. The number of nitrogens with zero attached hydrogens (tertiary/aromatic N) is 2. The van der Waals surface area contributed by atoms with Crippen molar-refractivity contribution in [1.29, 1.82) is 0 Å². The van der Waals surface area contributed by atoms with Gasteiger partial charge >= 0.3 is 0 Å². The minimum atomic E-state index is -0.514. The van der Waals surface area contributed by atoms with Gasteiger partial charge in [0.05, 0.1) is 10.6 Å². The summed E-state index contributed by atoms with van der Waals surface area (Å²) in [5.74, 6) is -0.986. The topological polar surface area (TPSA) is 92.5 Å². The first kappa shape index (κ1) is 18.8. The van der Waals surface area contributed by atoms with Crippen LogP contribution in [0.2, 0.25) is 0 Å². The SMILES string of the molecule is Cc1noc(C)c1C(=O)NCCN1C(=O)S/C(=C\c2ccccc2F)C1=O. The Labute approximate surface area is 158 Å². The van der Waals surface area contributed by atoms with E-state index in [-0.39, 0.29) is 29.5 Å². The Kier molecular flexibility index (Phi) is 5.41. The van der Waals surface area contributed by atoms with Crippen molar-refractivity contribution in [3.8, 4) is 0 Å². The highest BCUT2D eigenvalue weighted by molar-refractivity contribution is 8.18. The highest BCUT2D eigenvalue weighted by atomic mass is 32.2. The molecule has 27 heavy (non-hydrogen) atoms. The Morgan fingerprint density at radius 3 is 2.74 bits per heavy atom. The van der Waals surface area contributed by atoms with E-state index in [0.717, 1.165) is 16.7 Å². The first-order valence-corrected chi connectivity index (χ1v) is 8.91. The van der Waals surface area contributed by atoms with Crippen molar-refractivity contribution in [2.45, 2.75) is 13.8 Å². The summed E-state index contributed by atoms with van der Waals surface area (Å²) in [5.41, 5.74) is 1.03. The molecule has 2 heterocycles. The number of hydrogen-bond donors (Lipinski definition) is 1. The molecule has 140 valence electrons. The summed E-state index contributed by atoms with van der Waals surface area (Å²) >= 11 is 0.741. The fourth-order valence-corrected chi connectivity index (χ4v) is 3.46. The quantitative estimate of drug-likeness (QED) is 0.791. The van der Waals surface area contributed by atoms with Crippen LogP contribution in [0.25, 0.3) is 6.08 Å². The fourth-order valence-electron chi connectivity index (χ4n) is 2.60. The van der Waals surface area contributed by atoms with E-state index >= 15 is 0 Å². The molecule has 0 spiro atoms. The molecule has 0 saturated carbocycles. The molecule has 1 aromatic carbocycles. The van der Waals surface area contributed by atoms with Gasteiger partial charge in [0.2, 0.25) is 0 Å². The van der Waals surface area contributed by atoms with Crippen molar-refractivity contribution < 1.29 is 23.3 Å². The average molecular weight is 389 g/mol. The normalized spacial score (nSPS) is 15.7. The molecule has 0 bridgehead atoms. The average Bonchev–Trinajstić information content (AvgIpc) is 3.10. The third-order valence-electron chi connectivity index (χ3n) is 3.95. The molecule has 1 aromatic heterocycles. The maximum Gasteiger partial charge on any atom is 0.293 e. The largest absolute Gasteiger partial charge is 0.361 e. The van der Waals surface area contributed by atoms with Gasteiger partial charge in [0.25, 0.3) is 17.1 Å². The maximum atomic E-state index is 13.7. The van der Waals surface area contributed by atoms with Crippen LogP contribution in [0.4, 0.5) is 9.18 Å². The van der Waals surface area contributed by atoms with Crippen LogP contribution < -0.4 is 5.32 Å². The fraction of sp³-hybridized carbons (Fsp3) is 0.222. The van der Waals surface area contributed by atoms with Crippen LogP contribution >= 0.6 is 11.8 Å². The van der Waals surface area contributed by atoms with E-state index < -0.39 is 17.0 Å². The van der Waals surface area contributed by atoms with Gasteiger partial charge in [-0.05, 0) is 37.8 Å². The maximum absolute atomic E-state index is 13.7. The Morgan fingerprint density at radius 2 is 2.07 bits per heavy atom. The van der Waals surface area contributed by atoms with E-state index in [1.165, 1.54) is 18.2 Å². The number of amides is 3. The molecule has 0 radical (unpaired) electrons. The minimum absolute atomic E-state index is 0.00833. The molecule has 1 saturated heterocycles. The van der Waals surface area contributed by atoms with Crippen LogP contribution in [0.3, 0.4) is 0 Å². The van der Waals surface area contributed by atoms with Crippen LogP contribution in [0.15, 0.2) is 33.7 Å². The molecule has 1 fully saturated rings. The molecular formula is C18H16FN3O4S. The summed E-state index contributed by atoms with van der Waals surface area (Å²) in [6.07, 6.45) is 1.35. The molecule has 1 N–H and O–H groups in total. The molecule has 0 unspecified atom stereocenters. The van der Waals surface area contributed by atoms with Crippen LogP contribution in [0, 0.1) is 19.7 Å². The third kappa shape index (κ3) is 3.92. The molecule has 9 heteroatoms. The molecule has 7 nitrogen and oxygen atoms in total. The van der Waals surface area contributed by atoms with Gasteiger partial charge in [-0.1, -0.05) is 23.4 Å². The van der Waals surface area contributed by atoms with Gasteiger partial charge in [-0.2, -0.15) is 0 Å². The minimum Gasteiger partial charge on any atom is -0.361 e. The summed E-state index contributed by atoms with van der Waals surface area (Å²) in [5, 5.41) is 5.88. The Bertz CT molecular complexity index is 934. The lowest BCUT2D eigenvalue weighted by Gasteiger charge is -2.12. The van der Waals surface area contributed by atoms with Crippen molar-refractivity contribution in [2.75, 3.05) is 13.1 Å². The number of halogens is 1. The van der Waals surface area contributed by atoms with Crippen molar-refractivity contribution in [3.05, 3.63) is 57.6 Å². The Morgan fingerprint density at radius 1 is 1.33 bits per heavy atom. The third-order valence-corrected chi connectivity index (χ3v) is 4.85. The van der Waals surface area contributed by atoms with Gasteiger partial charge < -0.3 is 9.84 Å². The summed E-state index contributed by atoms with van der Waals surface area (Å²) in [7, 11) is 0. The van der Waals surface area contributed by atoms with Gasteiger partial charge in [-0.3, -0.25) is 19.3 Å². The zero-order chi connectivity index (χ0) is 19.6. The monoisotopic (exact) mass is 389 g/mol. The highest BCUT2D eigenvalue weighted by Gasteiger charge is 2.35. The number of carbonyl (C=O) groups excluding carboxylic acids is 3. The van der Waals surface area contributed by atoms with Crippen molar-refractivity contribution >= 4 is 34.9 Å². The van der Waals surface area contributed by atoms with Gasteiger partial charge in [0, 0.05) is 18.7 Å². The molecule has 3 rings (SSSR count). The number of imide groups is 1. The number of thioether (sulfide) groups is 1. The summed E-state index contributed by atoms with van der Waals surface area (Å²) in [4.78, 5) is 37.8. The van der Waals surface area contributed by atoms with E-state index in [2.05, 4.69) is 10.5 Å². The predicted octanol–water partition coefficient (Wildman–Crippen LogP) is 2.90. The molecule has 2 aromatic rings. The van der Waals surface area contributed by atoms with Gasteiger partial charge in [-0.25, -0.2) is 4.39 Å². The van der Waals surface area contributed by atoms with Crippen molar-refractivity contribution in [2.24, 2.45) is 0 Å². The number of rotatable bonds is 5. The molecule has 0 aliphatic carbocycles. The molecule has 1 aliphatic heterocycles. The smallest absolute Gasteiger partial charge is 0.293 e. The van der Waals surface area contributed by atoms with Crippen LogP contribution in [-0.2, 0) is 4.79 Å². The summed E-state index contributed by atoms with van der Waals surface area (Å²) < 4.78 is 18.7. The number of nitrogens with one attached hydrogen (secondary N) is 1. The number of hydrogen-bond acceptors (Lipinski definition) is 6. The predicted molar refractivity (Wildman–Crippen MR) is 97.4 cm³/mol. The van der Waals surface area contributed by atoms with Gasteiger partial charge in [0.1, 0.15) is 17.1 Å². The van der Waals surface area contributed by atoms with Gasteiger partial charge in [0.15, 0.2) is 0 Å². The molecule has 0 atom stereocenters. The second-order valence-electron chi connectivity index (χ2n) is 5.81. The first-order valence-electron chi connectivity index (χ1n) is 8.09. The lowest BCUT2D eigenvalue weighted by Crippen LogP contribution is -2.37. The second kappa shape index (κ2) is 7.75. The molecule has 1 aliphatic rings. The Hall–Kier alpha value is -2.94. The van der Waals surface area contributed by atoms with Gasteiger partial charge in [-0.15, -0.1) is 0 Å². The van der Waals surface area contributed by atoms with Crippen molar-refractivity contribution in [3.63, 3.8) is 0 Å². The highest BCUT2D eigenvalue weighted by Crippen LogP contribution is 2.32. The molecular weight excluding hydrogens is 373 g/mol. The summed E-state index contributed by atoms with van der Waals surface area (Å²) in [6, 6.07) is 5.98. The zero-order valence-corrected chi connectivity index (χ0v) is 15.4. The number of aromatic nitrogens is 1. The summed E-state index contributed by atoms with van der Waals surface area (Å²) in [6.45, 7) is 3.36. The number of aryl methyl sites for hydroxylation is 2. The van der Waals surface area contributed by atoms with E-state index in [1.54, 1.807) is 26.0 Å². The Balaban J connectivity index is 1.63. The number of carbonyl (C=O) groups is 3. The lowest BCUT2D eigenvalue weighted by atomic mass is 10.2. The van der Waals surface area contributed by atoms with Crippen LogP contribution in [-0.4, -0.2) is 40.2 Å². The zero-order valence-electron chi connectivity index (χ0n) is 14.6. The van der Waals surface area contributed by atoms with Crippen LogP contribution in [0.5, 0.6) is 0 Å².